The largest absolute Gasteiger partial charge is 0.337 e. The summed E-state index contributed by atoms with van der Waals surface area (Å²) in [6, 6.07) is 20.0. The zero-order valence-electron chi connectivity index (χ0n) is 15.0. The summed E-state index contributed by atoms with van der Waals surface area (Å²) >= 11 is 4.36. The summed E-state index contributed by atoms with van der Waals surface area (Å²) in [7, 11) is 1.89. The van der Waals surface area contributed by atoms with E-state index in [2.05, 4.69) is 11.1 Å². The molecule has 2 heterocycles. The number of thiazole rings is 1. The Kier molecular flexibility index (Phi) is 5.53. The number of nitrogens with zero attached hydrogens (tertiary/aromatic N) is 3. The summed E-state index contributed by atoms with van der Waals surface area (Å²) in [5.41, 5.74) is 3.18. The highest BCUT2D eigenvalue weighted by molar-refractivity contribution is 8.04. The van der Waals surface area contributed by atoms with E-state index in [1.807, 2.05) is 71.9 Å². The maximum absolute atomic E-state index is 12.7. The van der Waals surface area contributed by atoms with Gasteiger partial charge in [-0.3, -0.25) is 4.79 Å². The summed E-state index contributed by atoms with van der Waals surface area (Å²) in [5.74, 6) is 0.0184. The van der Waals surface area contributed by atoms with Crippen LogP contribution in [0.3, 0.4) is 0 Å². The smallest absolute Gasteiger partial charge is 0.186 e. The Morgan fingerprint density at radius 3 is 2.68 bits per heavy atom. The second-order valence-corrected chi connectivity index (χ2v) is 9.11. The van der Waals surface area contributed by atoms with Gasteiger partial charge in [0.1, 0.15) is 16.7 Å². The van der Waals surface area contributed by atoms with Crippen LogP contribution in [-0.4, -0.2) is 23.6 Å². The summed E-state index contributed by atoms with van der Waals surface area (Å²) in [6.45, 7) is 0. The number of benzene rings is 2. The molecule has 138 valence electrons. The van der Waals surface area contributed by atoms with Crippen molar-refractivity contribution in [3.8, 4) is 17.3 Å². The molecule has 3 aromatic rings. The molecule has 1 aliphatic heterocycles. The minimum Gasteiger partial charge on any atom is -0.337 e. The molecule has 0 aliphatic carbocycles. The first-order chi connectivity index (χ1) is 13.7. The molecule has 0 spiro atoms. The van der Waals surface area contributed by atoms with Crippen LogP contribution in [0.15, 0.2) is 79.8 Å². The predicted molar refractivity (Wildman–Crippen MR) is 117 cm³/mol. The van der Waals surface area contributed by atoms with E-state index >= 15 is 0 Å². The van der Waals surface area contributed by atoms with Gasteiger partial charge in [0.05, 0.1) is 17.1 Å². The highest BCUT2D eigenvalue weighted by atomic mass is 32.2. The van der Waals surface area contributed by atoms with Crippen LogP contribution in [0.4, 0.5) is 5.69 Å². The standard InChI is InChI=1S/C21H15N3OS3/c1-24-17-9-5-6-10-19(17)28-20(24)15(11-22)18(25)13-27-21-23-16(12-26-21)14-7-3-2-4-8-14/h2-10,12H,13H2,1H3/b20-15-. The lowest BCUT2D eigenvalue weighted by molar-refractivity contribution is -0.112. The fourth-order valence-electron chi connectivity index (χ4n) is 2.82. The zero-order valence-corrected chi connectivity index (χ0v) is 17.4. The van der Waals surface area contributed by atoms with Crippen LogP contribution in [0, 0.1) is 11.3 Å². The molecule has 4 nitrogen and oxygen atoms in total. The molecule has 0 fully saturated rings. The molecule has 0 radical (unpaired) electrons. The number of ketones is 1. The predicted octanol–water partition coefficient (Wildman–Crippen LogP) is 5.45. The van der Waals surface area contributed by atoms with Gasteiger partial charge in [0.15, 0.2) is 10.1 Å². The van der Waals surface area contributed by atoms with Gasteiger partial charge in [0.25, 0.3) is 0 Å². The quantitative estimate of drug-likeness (QED) is 0.310. The zero-order chi connectivity index (χ0) is 19.5. The number of fused-ring (bicyclic) bond motifs is 1. The molecule has 28 heavy (non-hydrogen) atoms. The van der Waals surface area contributed by atoms with Gasteiger partial charge in [-0.15, -0.1) is 11.3 Å². The molecule has 0 saturated carbocycles. The van der Waals surface area contributed by atoms with Crippen molar-refractivity contribution in [3.05, 3.63) is 70.6 Å². The number of carbonyl (C=O) groups is 1. The lowest BCUT2D eigenvalue weighted by Crippen LogP contribution is -2.16. The van der Waals surface area contributed by atoms with Gasteiger partial charge >= 0.3 is 0 Å². The molecule has 2 aromatic carbocycles. The van der Waals surface area contributed by atoms with E-state index < -0.39 is 0 Å². The van der Waals surface area contributed by atoms with Gasteiger partial charge in [-0.2, -0.15) is 5.26 Å². The minimum absolute atomic E-state index is 0.175. The topological polar surface area (TPSA) is 57.0 Å². The number of hydrogen-bond acceptors (Lipinski definition) is 7. The van der Waals surface area contributed by atoms with Crippen LogP contribution >= 0.6 is 34.9 Å². The minimum atomic E-state index is -0.175. The SMILES string of the molecule is CN1/C(=C(\C#N)C(=O)CSc2nc(-c3ccccc3)cs2)Sc2ccccc21. The summed E-state index contributed by atoms with van der Waals surface area (Å²) in [6.07, 6.45) is 0. The second-order valence-electron chi connectivity index (χ2n) is 6.00. The number of Topliss-reactive ketones (excluding diaryl/α,β-unsaturated/α-hetero) is 1. The van der Waals surface area contributed by atoms with Crippen LogP contribution in [0.2, 0.25) is 0 Å². The lowest BCUT2D eigenvalue weighted by atomic mass is 10.2. The van der Waals surface area contributed by atoms with Gasteiger partial charge in [0, 0.05) is 22.9 Å². The molecule has 1 aromatic heterocycles. The number of anilines is 1. The Balaban J connectivity index is 1.48. The Labute approximate surface area is 175 Å². The first-order valence-electron chi connectivity index (χ1n) is 8.49. The summed E-state index contributed by atoms with van der Waals surface area (Å²) in [4.78, 5) is 20.3. The van der Waals surface area contributed by atoms with E-state index in [9.17, 15) is 10.1 Å². The molecule has 7 heteroatoms. The summed E-state index contributed by atoms with van der Waals surface area (Å²) in [5, 5.41) is 12.3. The van der Waals surface area contributed by atoms with E-state index in [0.717, 1.165) is 26.2 Å². The highest BCUT2D eigenvalue weighted by Gasteiger charge is 2.27. The average Bonchev–Trinajstić information content (AvgIpc) is 3.33. The van der Waals surface area contributed by atoms with Crippen LogP contribution < -0.4 is 4.90 Å². The van der Waals surface area contributed by atoms with Crippen molar-refractivity contribution in [2.45, 2.75) is 9.24 Å². The van der Waals surface area contributed by atoms with E-state index in [1.54, 1.807) is 0 Å². The average molecular weight is 422 g/mol. The third-order valence-electron chi connectivity index (χ3n) is 4.22. The molecule has 0 N–H and O–H groups in total. The van der Waals surface area contributed by atoms with Crippen molar-refractivity contribution < 1.29 is 4.79 Å². The van der Waals surface area contributed by atoms with E-state index in [0.29, 0.717) is 5.03 Å². The van der Waals surface area contributed by atoms with Crippen molar-refractivity contribution in [2.75, 3.05) is 17.7 Å². The number of aromatic nitrogens is 1. The summed E-state index contributed by atoms with van der Waals surface area (Å²) < 4.78 is 0.824. The van der Waals surface area contributed by atoms with Crippen LogP contribution in [0.5, 0.6) is 0 Å². The number of hydrogen-bond donors (Lipinski definition) is 0. The van der Waals surface area contributed by atoms with Gasteiger partial charge in [-0.05, 0) is 12.1 Å². The van der Waals surface area contributed by atoms with Crippen LogP contribution in [0.25, 0.3) is 11.3 Å². The van der Waals surface area contributed by atoms with Crippen molar-refractivity contribution in [1.82, 2.24) is 4.98 Å². The molecular weight excluding hydrogens is 406 g/mol. The second kappa shape index (κ2) is 8.23. The van der Waals surface area contributed by atoms with Gasteiger partial charge < -0.3 is 4.90 Å². The highest BCUT2D eigenvalue weighted by Crippen LogP contribution is 2.46. The first kappa shape index (κ1) is 18.8. The number of allylic oxidation sites excluding steroid dienone is 1. The number of rotatable bonds is 5. The third-order valence-corrected chi connectivity index (χ3v) is 7.48. The lowest BCUT2D eigenvalue weighted by Gasteiger charge is -2.14. The molecule has 0 bridgehead atoms. The molecular formula is C21H15N3OS3. The number of nitriles is 1. The van der Waals surface area contributed by atoms with E-state index in [1.165, 1.54) is 34.9 Å². The number of thioether (sulfide) groups is 2. The Morgan fingerprint density at radius 2 is 1.93 bits per heavy atom. The third kappa shape index (κ3) is 3.72. The van der Waals surface area contributed by atoms with E-state index in [4.69, 9.17) is 0 Å². The maximum Gasteiger partial charge on any atom is 0.186 e. The first-order valence-corrected chi connectivity index (χ1v) is 11.2. The van der Waals surface area contributed by atoms with Crippen molar-refractivity contribution in [2.24, 2.45) is 0 Å². The molecule has 0 saturated heterocycles. The van der Waals surface area contributed by atoms with E-state index in [-0.39, 0.29) is 17.1 Å². The molecule has 0 amide bonds. The van der Waals surface area contributed by atoms with Gasteiger partial charge in [0.2, 0.25) is 0 Å². The normalized spacial score (nSPS) is 14.5. The fourth-order valence-corrected chi connectivity index (χ4v) is 5.68. The Hall–Kier alpha value is -2.53. The molecule has 1 aliphatic rings. The molecule has 0 unspecified atom stereocenters. The van der Waals surface area contributed by atoms with Crippen molar-refractivity contribution in [1.29, 1.82) is 5.26 Å². The Bertz CT molecular complexity index is 1100. The number of carbonyl (C=O) groups excluding carboxylic acids is 1. The Morgan fingerprint density at radius 1 is 1.18 bits per heavy atom. The van der Waals surface area contributed by atoms with Crippen molar-refractivity contribution in [3.63, 3.8) is 0 Å². The van der Waals surface area contributed by atoms with Gasteiger partial charge in [-0.1, -0.05) is 66.0 Å². The molecule has 0 atom stereocenters. The monoisotopic (exact) mass is 421 g/mol. The van der Waals surface area contributed by atoms with Crippen LogP contribution in [-0.2, 0) is 4.79 Å². The maximum atomic E-state index is 12.7. The van der Waals surface area contributed by atoms with Crippen molar-refractivity contribution >= 4 is 46.3 Å². The fraction of sp³-hybridized carbons (Fsp3) is 0.0952. The number of para-hydroxylation sites is 1. The molecule has 4 rings (SSSR count). The van der Waals surface area contributed by atoms with Crippen LogP contribution in [0.1, 0.15) is 0 Å². The van der Waals surface area contributed by atoms with Gasteiger partial charge in [-0.25, -0.2) is 4.98 Å².